The summed E-state index contributed by atoms with van der Waals surface area (Å²) < 4.78 is 0. The molecule has 0 radical (unpaired) electrons. The van der Waals surface area contributed by atoms with Crippen molar-refractivity contribution >= 4 is 18.0 Å². The van der Waals surface area contributed by atoms with E-state index in [1.807, 2.05) is 13.1 Å². The van der Waals surface area contributed by atoms with Crippen LogP contribution in [0.3, 0.4) is 0 Å². The van der Waals surface area contributed by atoms with Crippen LogP contribution < -0.4 is 5.32 Å². The average molecular weight is 222 g/mol. The van der Waals surface area contributed by atoms with E-state index in [0.717, 1.165) is 12.3 Å². The van der Waals surface area contributed by atoms with Crippen molar-refractivity contribution in [3.8, 4) is 0 Å². The van der Waals surface area contributed by atoms with Crippen molar-refractivity contribution in [2.75, 3.05) is 13.6 Å². The smallest absolute Gasteiger partial charge is 0.243 e. The van der Waals surface area contributed by atoms with Crippen molar-refractivity contribution in [2.45, 2.75) is 26.3 Å². The number of rotatable bonds is 3. The molecule has 16 heavy (non-hydrogen) atoms. The normalized spacial score (nSPS) is 20.8. The van der Waals surface area contributed by atoms with E-state index in [4.69, 9.17) is 0 Å². The minimum atomic E-state index is -0.109. The Hall–Kier alpha value is -1.65. The molecule has 1 rings (SSSR count). The first-order chi connectivity index (χ1) is 7.63. The Kier molecular flexibility index (Phi) is 4.69. The summed E-state index contributed by atoms with van der Waals surface area (Å²) in [5, 5.41) is 8.57. The van der Waals surface area contributed by atoms with E-state index in [2.05, 4.69) is 22.3 Å². The Morgan fingerprint density at radius 3 is 3.19 bits per heavy atom. The van der Waals surface area contributed by atoms with E-state index in [-0.39, 0.29) is 11.9 Å². The monoisotopic (exact) mass is 222 g/mol. The molecule has 0 bridgehead atoms. The fourth-order valence-corrected chi connectivity index (χ4v) is 1.34. The Balaban J connectivity index is 2.56. The molecular formula is C11H18N4O. The highest BCUT2D eigenvalue weighted by Gasteiger charge is 2.08. The second-order valence-electron chi connectivity index (χ2n) is 3.66. The number of nitrogens with one attached hydrogen (secondary N) is 1. The molecule has 1 atom stereocenters. The van der Waals surface area contributed by atoms with Gasteiger partial charge in [-0.15, -0.1) is 0 Å². The Morgan fingerprint density at radius 2 is 2.50 bits per heavy atom. The Labute approximate surface area is 95.9 Å². The third-order valence-electron chi connectivity index (χ3n) is 2.24. The lowest BCUT2D eigenvalue weighted by molar-refractivity contribution is -0.116. The zero-order valence-corrected chi connectivity index (χ0v) is 9.97. The highest BCUT2D eigenvalue weighted by atomic mass is 16.1. The minimum Gasteiger partial charge on any atom is -0.356 e. The number of hydrazone groups is 1. The van der Waals surface area contributed by atoms with Crippen molar-refractivity contribution in [1.29, 1.82) is 0 Å². The van der Waals surface area contributed by atoms with Crippen LogP contribution >= 0.6 is 0 Å². The van der Waals surface area contributed by atoms with Gasteiger partial charge in [0.25, 0.3) is 0 Å². The lowest BCUT2D eigenvalue weighted by atomic mass is 10.3. The van der Waals surface area contributed by atoms with Gasteiger partial charge in [0.05, 0.1) is 12.6 Å². The van der Waals surface area contributed by atoms with Gasteiger partial charge in [-0.3, -0.25) is 9.79 Å². The van der Waals surface area contributed by atoms with Gasteiger partial charge >= 0.3 is 0 Å². The summed E-state index contributed by atoms with van der Waals surface area (Å²) >= 11 is 0. The SMILES string of the molecule is CNC(=O)/C=C/CN1N=CCC(C)N=C1C. The van der Waals surface area contributed by atoms with Crippen LogP contribution in [0.5, 0.6) is 0 Å². The van der Waals surface area contributed by atoms with Crippen LogP contribution in [0.25, 0.3) is 0 Å². The van der Waals surface area contributed by atoms with Crippen molar-refractivity contribution in [3.05, 3.63) is 12.2 Å². The number of nitrogens with zero attached hydrogens (tertiary/aromatic N) is 3. The topological polar surface area (TPSA) is 57.1 Å². The lowest BCUT2D eigenvalue weighted by Gasteiger charge is -2.15. The molecule has 1 N–H and O–H groups in total. The molecule has 88 valence electrons. The first-order valence-electron chi connectivity index (χ1n) is 5.36. The summed E-state index contributed by atoms with van der Waals surface area (Å²) in [4.78, 5) is 15.4. The molecular weight excluding hydrogens is 204 g/mol. The molecule has 1 aliphatic rings. The zero-order chi connectivity index (χ0) is 12.0. The maximum Gasteiger partial charge on any atom is 0.243 e. The number of amidine groups is 1. The molecule has 1 unspecified atom stereocenters. The molecule has 0 saturated carbocycles. The van der Waals surface area contributed by atoms with Gasteiger partial charge in [0.2, 0.25) is 5.91 Å². The van der Waals surface area contributed by atoms with Crippen molar-refractivity contribution in [1.82, 2.24) is 10.3 Å². The van der Waals surface area contributed by atoms with E-state index in [9.17, 15) is 4.79 Å². The molecule has 1 aliphatic heterocycles. The second kappa shape index (κ2) is 6.05. The summed E-state index contributed by atoms with van der Waals surface area (Å²) in [6.45, 7) is 4.54. The fourth-order valence-electron chi connectivity index (χ4n) is 1.34. The number of likely N-dealkylation sites (N-methyl/N-ethyl adjacent to an activating group) is 1. The Morgan fingerprint density at radius 1 is 1.75 bits per heavy atom. The molecule has 0 aromatic heterocycles. The van der Waals surface area contributed by atoms with Crippen LogP contribution in [0, 0.1) is 0 Å². The number of carbonyl (C=O) groups excluding carboxylic acids is 1. The predicted octanol–water partition coefficient (Wildman–Crippen LogP) is 0.787. The van der Waals surface area contributed by atoms with Crippen molar-refractivity contribution < 1.29 is 4.79 Å². The van der Waals surface area contributed by atoms with Gasteiger partial charge in [-0.25, -0.2) is 5.01 Å². The molecule has 0 aromatic rings. The first-order valence-corrected chi connectivity index (χ1v) is 5.36. The van der Waals surface area contributed by atoms with Crippen LogP contribution in [0.15, 0.2) is 22.2 Å². The van der Waals surface area contributed by atoms with E-state index in [1.165, 1.54) is 6.08 Å². The van der Waals surface area contributed by atoms with Gasteiger partial charge in [-0.1, -0.05) is 6.08 Å². The molecule has 1 amide bonds. The van der Waals surface area contributed by atoms with Gasteiger partial charge in [-0.05, 0) is 13.8 Å². The van der Waals surface area contributed by atoms with Gasteiger partial charge in [0, 0.05) is 25.8 Å². The van der Waals surface area contributed by atoms with E-state index < -0.39 is 0 Å². The molecule has 0 spiro atoms. The second-order valence-corrected chi connectivity index (χ2v) is 3.66. The summed E-state index contributed by atoms with van der Waals surface area (Å²) in [6, 6.07) is 0.275. The number of aliphatic imine (C=N–C) groups is 1. The van der Waals surface area contributed by atoms with Gasteiger partial charge in [0.15, 0.2) is 0 Å². The van der Waals surface area contributed by atoms with Crippen molar-refractivity contribution in [2.24, 2.45) is 10.1 Å². The number of hydrogen-bond acceptors (Lipinski definition) is 4. The minimum absolute atomic E-state index is 0.109. The van der Waals surface area contributed by atoms with Crippen LogP contribution in [-0.2, 0) is 4.79 Å². The molecule has 0 fully saturated rings. The molecule has 0 aliphatic carbocycles. The first kappa shape index (κ1) is 12.4. The Bertz CT molecular complexity index is 333. The van der Waals surface area contributed by atoms with E-state index in [0.29, 0.717) is 6.54 Å². The average Bonchev–Trinajstić information content (AvgIpc) is 2.40. The van der Waals surface area contributed by atoms with Crippen LogP contribution in [0.1, 0.15) is 20.3 Å². The third kappa shape index (κ3) is 3.84. The molecule has 5 heteroatoms. The van der Waals surface area contributed by atoms with Crippen LogP contribution in [-0.4, -0.2) is 42.6 Å². The number of hydrogen-bond donors (Lipinski definition) is 1. The lowest BCUT2D eigenvalue weighted by Crippen LogP contribution is -2.24. The quantitative estimate of drug-likeness (QED) is 0.718. The molecule has 0 aromatic carbocycles. The van der Waals surface area contributed by atoms with Gasteiger partial charge < -0.3 is 5.32 Å². The summed E-state index contributed by atoms with van der Waals surface area (Å²) in [6.07, 6.45) is 5.98. The fraction of sp³-hybridized carbons (Fsp3) is 0.545. The zero-order valence-electron chi connectivity index (χ0n) is 9.97. The van der Waals surface area contributed by atoms with E-state index in [1.54, 1.807) is 18.1 Å². The highest BCUT2D eigenvalue weighted by molar-refractivity contribution is 5.87. The number of amides is 1. The van der Waals surface area contributed by atoms with Crippen LogP contribution in [0.4, 0.5) is 0 Å². The molecule has 5 nitrogen and oxygen atoms in total. The van der Waals surface area contributed by atoms with Crippen molar-refractivity contribution in [3.63, 3.8) is 0 Å². The summed E-state index contributed by atoms with van der Waals surface area (Å²) in [5.74, 6) is 0.768. The predicted molar refractivity (Wildman–Crippen MR) is 65.6 cm³/mol. The highest BCUT2D eigenvalue weighted by Crippen LogP contribution is 2.04. The van der Waals surface area contributed by atoms with E-state index >= 15 is 0 Å². The number of carbonyl (C=O) groups is 1. The van der Waals surface area contributed by atoms with Crippen LogP contribution in [0.2, 0.25) is 0 Å². The summed E-state index contributed by atoms with van der Waals surface area (Å²) in [7, 11) is 1.60. The standard InChI is InChI=1S/C11H18N4O/c1-9-6-7-13-15(10(2)14-9)8-4-5-11(16)12-3/h4-5,7,9H,6,8H2,1-3H3,(H,12,16)/b5-4+. The summed E-state index contributed by atoms with van der Waals surface area (Å²) in [5.41, 5.74) is 0. The van der Waals surface area contributed by atoms with Gasteiger partial charge in [-0.2, -0.15) is 5.10 Å². The maximum absolute atomic E-state index is 11.0. The maximum atomic E-state index is 11.0. The largest absolute Gasteiger partial charge is 0.356 e. The molecule has 0 saturated heterocycles. The third-order valence-corrected chi connectivity index (χ3v) is 2.24. The molecule has 1 heterocycles. The van der Waals surface area contributed by atoms with Gasteiger partial charge in [0.1, 0.15) is 5.84 Å².